The number of aryl methyl sites for hydroxylation is 2. The number of ether oxygens (including phenoxy) is 2. The molecule has 0 aliphatic carbocycles. The van der Waals surface area contributed by atoms with E-state index in [1.165, 1.54) is 16.9 Å². The van der Waals surface area contributed by atoms with E-state index in [2.05, 4.69) is 5.32 Å². The molecule has 0 aromatic heterocycles. The smallest absolute Gasteiger partial charge is 0.261 e. The summed E-state index contributed by atoms with van der Waals surface area (Å²) in [4.78, 5) is 12.4. The minimum atomic E-state index is -3.33. The number of nitrogens with zero attached hydrogens (tertiary/aromatic N) is 1. The van der Waals surface area contributed by atoms with Crippen LogP contribution < -0.4 is 19.1 Å². The molecular formula is C22H30N2O5S. The molecule has 2 aromatic carbocycles. The first-order chi connectivity index (χ1) is 14.0. The fourth-order valence-corrected chi connectivity index (χ4v) is 3.12. The van der Waals surface area contributed by atoms with Crippen LogP contribution in [0, 0.1) is 13.8 Å². The van der Waals surface area contributed by atoms with Crippen LogP contribution in [0.3, 0.4) is 0 Å². The average Bonchev–Trinajstić information content (AvgIpc) is 2.68. The molecule has 30 heavy (non-hydrogen) atoms. The molecule has 164 valence electrons. The molecule has 7 nitrogen and oxygen atoms in total. The van der Waals surface area contributed by atoms with E-state index in [4.69, 9.17) is 9.47 Å². The van der Waals surface area contributed by atoms with E-state index in [1.807, 2.05) is 39.0 Å². The van der Waals surface area contributed by atoms with Gasteiger partial charge in [0.25, 0.3) is 5.91 Å². The molecule has 0 aliphatic heterocycles. The van der Waals surface area contributed by atoms with Gasteiger partial charge in [-0.2, -0.15) is 0 Å². The summed E-state index contributed by atoms with van der Waals surface area (Å²) in [7, 11) is -1.86. The van der Waals surface area contributed by atoms with Crippen molar-refractivity contribution in [1.29, 1.82) is 0 Å². The maximum atomic E-state index is 12.4. The number of amides is 1. The van der Waals surface area contributed by atoms with E-state index in [0.29, 0.717) is 18.0 Å². The lowest BCUT2D eigenvalue weighted by atomic mass is 10.1. The summed E-state index contributed by atoms with van der Waals surface area (Å²) in [6, 6.07) is 12.2. The molecule has 0 radical (unpaired) electrons. The molecule has 0 bridgehead atoms. The summed E-state index contributed by atoms with van der Waals surface area (Å²) in [5.41, 5.74) is 2.87. The van der Waals surface area contributed by atoms with Gasteiger partial charge in [0.05, 0.1) is 18.0 Å². The molecule has 2 rings (SSSR count). The first kappa shape index (κ1) is 23.5. The Morgan fingerprint density at radius 1 is 1.03 bits per heavy atom. The zero-order valence-electron chi connectivity index (χ0n) is 18.3. The van der Waals surface area contributed by atoms with Crippen molar-refractivity contribution < 1.29 is 22.7 Å². The van der Waals surface area contributed by atoms with Gasteiger partial charge in [0.2, 0.25) is 10.0 Å². The number of carbonyl (C=O) groups is 1. The van der Waals surface area contributed by atoms with Gasteiger partial charge in [-0.3, -0.25) is 9.10 Å². The van der Waals surface area contributed by atoms with Crippen LogP contribution in [-0.4, -0.2) is 46.4 Å². The fourth-order valence-electron chi connectivity index (χ4n) is 2.61. The molecule has 0 saturated heterocycles. The van der Waals surface area contributed by atoms with Crippen molar-refractivity contribution in [2.45, 2.75) is 39.8 Å². The Morgan fingerprint density at radius 3 is 2.20 bits per heavy atom. The van der Waals surface area contributed by atoms with E-state index in [9.17, 15) is 13.2 Å². The minimum Gasteiger partial charge on any atom is -0.491 e. The van der Waals surface area contributed by atoms with Crippen molar-refractivity contribution in [3.05, 3.63) is 53.6 Å². The molecule has 0 saturated carbocycles. The second-order valence-electron chi connectivity index (χ2n) is 7.45. The molecular weight excluding hydrogens is 404 g/mol. The summed E-state index contributed by atoms with van der Waals surface area (Å²) >= 11 is 0. The zero-order chi connectivity index (χ0) is 22.5. The van der Waals surface area contributed by atoms with Gasteiger partial charge in [0, 0.05) is 7.05 Å². The van der Waals surface area contributed by atoms with Gasteiger partial charge in [-0.05, 0) is 75.2 Å². The van der Waals surface area contributed by atoms with E-state index < -0.39 is 16.1 Å². The highest BCUT2D eigenvalue weighted by molar-refractivity contribution is 7.92. The van der Waals surface area contributed by atoms with Crippen LogP contribution in [-0.2, 0) is 14.8 Å². The number of anilines is 1. The molecule has 8 heteroatoms. The van der Waals surface area contributed by atoms with Gasteiger partial charge in [-0.15, -0.1) is 0 Å². The lowest BCUT2D eigenvalue weighted by Gasteiger charge is -2.20. The van der Waals surface area contributed by atoms with Crippen molar-refractivity contribution in [2.75, 3.05) is 24.2 Å². The van der Waals surface area contributed by atoms with Gasteiger partial charge in [-0.1, -0.05) is 6.07 Å². The maximum Gasteiger partial charge on any atom is 0.261 e. The number of nitrogens with one attached hydrogen (secondary N) is 1. The number of sulfonamides is 1. The number of carbonyl (C=O) groups excluding carboxylic acids is 1. The maximum absolute atomic E-state index is 12.4. The molecule has 2 aromatic rings. The third-order valence-electron chi connectivity index (χ3n) is 4.75. The number of rotatable bonds is 9. The zero-order valence-corrected chi connectivity index (χ0v) is 19.1. The van der Waals surface area contributed by atoms with Gasteiger partial charge >= 0.3 is 0 Å². The second-order valence-corrected chi connectivity index (χ2v) is 9.46. The molecule has 2 atom stereocenters. The molecule has 1 amide bonds. The third kappa shape index (κ3) is 6.66. The van der Waals surface area contributed by atoms with E-state index >= 15 is 0 Å². The summed E-state index contributed by atoms with van der Waals surface area (Å²) in [5.74, 6) is 0.980. The minimum absolute atomic E-state index is 0.198. The molecule has 0 fully saturated rings. The predicted molar refractivity (Wildman–Crippen MR) is 119 cm³/mol. The van der Waals surface area contributed by atoms with Crippen molar-refractivity contribution in [1.82, 2.24) is 5.32 Å². The highest BCUT2D eigenvalue weighted by Crippen LogP contribution is 2.21. The van der Waals surface area contributed by atoms with E-state index in [1.54, 1.807) is 31.2 Å². The average molecular weight is 435 g/mol. The normalized spacial score (nSPS) is 13.3. The van der Waals surface area contributed by atoms with Crippen LogP contribution in [0.4, 0.5) is 5.69 Å². The Hall–Kier alpha value is -2.74. The monoisotopic (exact) mass is 434 g/mol. The second kappa shape index (κ2) is 9.84. The number of hydrogen-bond donors (Lipinski definition) is 1. The molecule has 0 aliphatic rings. The van der Waals surface area contributed by atoms with Crippen LogP contribution in [0.15, 0.2) is 42.5 Å². The first-order valence-electron chi connectivity index (χ1n) is 9.68. The van der Waals surface area contributed by atoms with Crippen molar-refractivity contribution in [2.24, 2.45) is 0 Å². The van der Waals surface area contributed by atoms with Gasteiger partial charge in [0.1, 0.15) is 18.1 Å². The standard InChI is InChI=1S/C22H30N2O5S/c1-15-7-10-21(13-16(15)2)28-14-17(3)23-22(25)18(4)29-20-11-8-19(9-12-20)24(5)30(6,26)27/h7-13,17-18H,14H2,1-6H3,(H,23,25)/t17-,18+/m0/s1. The number of hydrogen-bond acceptors (Lipinski definition) is 5. The van der Waals surface area contributed by atoms with Crippen LogP contribution >= 0.6 is 0 Å². The molecule has 0 heterocycles. The highest BCUT2D eigenvalue weighted by atomic mass is 32.2. The topological polar surface area (TPSA) is 84.9 Å². The van der Waals surface area contributed by atoms with Gasteiger partial charge < -0.3 is 14.8 Å². The Bertz CT molecular complexity index is 974. The van der Waals surface area contributed by atoms with Crippen LogP contribution in [0.1, 0.15) is 25.0 Å². The predicted octanol–water partition coefficient (Wildman–Crippen LogP) is 3.05. The summed E-state index contributed by atoms with van der Waals surface area (Å²) < 4.78 is 35.8. The van der Waals surface area contributed by atoms with E-state index in [-0.39, 0.29) is 11.9 Å². The van der Waals surface area contributed by atoms with Crippen molar-refractivity contribution in [3.63, 3.8) is 0 Å². The largest absolute Gasteiger partial charge is 0.491 e. The Labute approximate surface area is 179 Å². The number of benzene rings is 2. The molecule has 0 unspecified atom stereocenters. The van der Waals surface area contributed by atoms with Gasteiger partial charge in [-0.25, -0.2) is 8.42 Å². The highest BCUT2D eigenvalue weighted by Gasteiger charge is 2.18. The summed E-state index contributed by atoms with van der Waals surface area (Å²) in [6.07, 6.45) is 0.418. The first-order valence-corrected chi connectivity index (χ1v) is 11.5. The summed E-state index contributed by atoms with van der Waals surface area (Å²) in [5, 5.41) is 2.87. The Morgan fingerprint density at radius 2 is 1.63 bits per heavy atom. The Kier molecular flexibility index (Phi) is 7.72. The fraction of sp³-hybridized carbons (Fsp3) is 0.409. The summed E-state index contributed by atoms with van der Waals surface area (Å²) in [6.45, 7) is 7.93. The van der Waals surface area contributed by atoms with Crippen LogP contribution in [0.2, 0.25) is 0 Å². The van der Waals surface area contributed by atoms with Crippen LogP contribution in [0.25, 0.3) is 0 Å². The van der Waals surface area contributed by atoms with Crippen molar-refractivity contribution in [3.8, 4) is 11.5 Å². The molecule has 0 spiro atoms. The lowest BCUT2D eigenvalue weighted by molar-refractivity contribution is -0.128. The Balaban J connectivity index is 1.85. The van der Waals surface area contributed by atoms with Gasteiger partial charge in [0.15, 0.2) is 6.10 Å². The lowest BCUT2D eigenvalue weighted by Crippen LogP contribution is -2.43. The molecule has 1 N–H and O–H groups in total. The third-order valence-corrected chi connectivity index (χ3v) is 5.95. The SMILES string of the molecule is Cc1ccc(OC[C@H](C)NC(=O)[C@@H](C)Oc2ccc(N(C)S(C)(=O)=O)cc2)cc1C. The van der Waals surface area contributed by atoms with E-state index in [0.717, 1.165) is 17.6 Å². The quantitative estimate of drug-likeness (QED) is 0.656. The van der Waals surface area contributed by atoms with Crippen LogP contribution in [0.5, 0.6) is 11.5 Å². The van der Waals surface area contributed by atoms with Crippen molar-refractivity contribution >= 4 is 21.6 Å².